The van der Waals surface area contributed by atoms with Gasteiger partial charge in [-0.25, -0.2) is 4.79 Å². The number of carbonyl (C=O) groups is 3. The van der Waals surface area contributed by atoms with E-state index >= 15 is 0 Å². The lowest BCUT2D eigenvalue weighted by Crippen LogP contribution is -2.34. The maximum absolute atomic E-state index is 13.2. The number of nitrogens with zero attached hydrogens (tertiary/aromatic N) is 2. The summed E-state index contributed by atoms with van der Waals surface area (Å²) in [5.41, 5.74) is 3.64. The number of rotatable bonds is 9. The number of ether oxygens (including phenoxy) is 2. The van der Waals surface area contributed by atoms with E-state index in [0.717, 1.165) is 27.1 Å². The normalized spacial score (nSPS) is 13.4. The van der Waals surface area contributed by atoms with E-state index in [2.05, 4.69) is 20.8 Å². The molecule has 0 spiro atoms. The summed E-state index contributed by atoms with van der Waals surface area (Å²) in [6.45, 7) is 1.99. The SMILES string of the molecule is COc1c(OCCN2C(=O)CNC2=O)ccc(C=Cc2n[nH]c3ccccc23)c1NC(=O)c1sccc1C. The van der Waals surface area contributed by atoms with Crippen molar-refractivity contribution >= 4 is 57.9 Å². The molecule has 1 saturated heterocycles. The molecule has 4 aromatic rings. The molecule has 2 aromatic carbocycles. The minimum Gasteiger partial charge on any atom is -0.491 e. The van der Waals surface area contributed by atoms with E-state index in [-0.39, 0.29) is 31.5 Å². The summed E-state index contributed by atoms with van der Waals surface area (Å²) in [6.07, 6.45) is 3.71. The van der Waals surface area contributed by atoms with Crippen LogP contribution in [0.25, 0.3) is 23.1 Å². The molecule has 2 aromatic heterocycles. The molecule has 0 radical (unpaired) electrons. The Balaban J connectivity index is 1.46. The lowest BCUT2D eigenvalue weighted by molar-refractivity contribution is -0.125. The standard InChI is InChI=1S/C27H25N5O5S/c1-16-11-14-38-25(16)26(34)29-23-17(7-9-20-18-5-3-4-6-19(18)30-31-20)8-10-21(24(23)36-2)37-13-12-32-22(33)15-28-27(32)35/h3-11,14H,12-13,15H2,1-2H3,(H,28,35)(H,29,34)(H,30,31). The predicted molar refractivity (Wildman–Crippen MR) is 146 cm³/mol. The van der Waals surface area contributed by atoms with E-state index in [1.54, 1.807) is 12.1 Å². The highest BCUT2D eigenvalue weighted by Gasteiger charge is 2.28. The van der Waals surface area contributed by atoms with Crippen molar-refractivity contribution < 1.29 is 23.9 Å². The van der Waals surface area contributed by atoms with Crippen LogP contribution in [0.1, 0.15) is 26.5 Å². The van der Waals surface area contributed by atoms with Crippen LogP contribution in [0.3, 0.4) is 0 Å². The van der Waals surface area contributed by atoms with Crippen molar-refractivity contribution in [2.24, 2.45) is 0 Å². The molecule has 0 atom stereocenters. The number of hydrogen-bond acceptors (Lipinski definition) is 7. The molecule has 1 fully saturated rings. The second-order valence-electron chi connectivity index (χ2n) is 8.49. The van der Waals surface area contributed by atoms with Gasteiger partial charge in [0.2, 0.25) is 5.91 Å². The molecule has 0 aliphatic carbocycles. The molecular formula is C27H25N5O5S. The molecule has 1 aliphatic heterocycles. The van der Waals surface area contributed by atoms with Crippen molar-refractivity contribution in [2.75, 3.05) is 32.1 Å². The van der Waals surface area contributed by atoms with Crippen molar-refractivity contribution in [1.82, 2.24) is 20.4 Å². The molecule has 0 saturated carbocycles. The van der Waals surface area contributed by atoms with Crippen LogP contribution in [-0.4, -0.2) is 59.7 Å². The maximum Gasteiger partial charge on any atom is 0.324 e. The van der Waals surface area contributed by atoms with E-state index in [1.807, 2.05) is 54.8 Å². The predicted octanol–water partition coefficient (Wildman–Crippen LogP) is 4.29. The highest BCUT2D eigenvalue weighted by atomic mass is 32.1. The van der Waals surface area contributed by atoms with Crippen molar-refractivity contribution in [2.45, 2.75) is 6.92 Å². The zero-order valence-corrected chi connectivity index (χ0v) is 21.6. The number of benzene rings is 2. The molecule has 5 rings (SSSR count). The number of aromatic amines is 1. The lowest BCUT2D eigenvalue weighted by Gasteiger charge is -2.18. The first-order chi connectivity index (χ1) is 18.5. The number of anilines is 1. The summed E-state index contributed by atoms with van der Waals surface area (Å²) in [5, 5.41) is 15.7. The zero-order chi connectivity index (χ0) is 26.6. The van der Waals surface area contributed by atoms with Crippen LogP contribution >= 0.6 is 11.3 Å². The van der Waals surface area contributed by atoms with Crippen LogP contribution in [0.4, 0.5) is 10.5 Å². The van der Waals surface area contributed by atoms with Crippen LogP contribution < -0.4 is 20.1 Å². The first-order valence-corrected chi connectivity index (χ1v) is 12.7. The summed E-state index contributed by atoms with van der Waals surface area (Å²) in [7, 11) is 1.49. The molecular weight excluding hydrogens is 506 g/mol. The summed E-state index contributed by atoms with van der Waals surface area (Å²) in [5.74, 6) is 0.0993. The van der Waals surface area contributed by atoms with Gasteiger partial charge in [-0.2, -0.15) is 5.10 Å². The van der Waals surface area contributed by atoms with Gasteiger partial charge in [0.05, 0.1) is 42.0 Å². The molecule has 3 N–H and O–H groups in total. The van der Waals surface area contributed by atoms with Crippen LogP contribution in [0, 0.1) is 6.92 Å². The van der Waals surface area contributed by atoms with E-state index in [1.165, 1.54) is 18.4 Å². The van der Waals surface area contributed by atoms with Crippen molar-refractivity contribution in [3.8, 4) is 11.5 Å². The fourth-order valence-corrected chi connectivity index (χ4v) is 4.97. The van der Waals surface area contributed by atoms with E-state index in [9.17, 15) is 14.4 Å². The highest BCUT2D eigenvalue weighted by molar-refractivity contribution is 7.12. The summed E-state index contributed by atoms with van der Waals surface area (Å²) in [4.78, 5) is 38.5. The number of para-hydroxylation sites is 1. The highest BCUT2D eigenvalue weighted by Crippen LogP contribution is 2.39. The number of aryl methyl sites for hydroxylation is 1. The Kier molecular flexibility index (Phi) is 7.09. The molecule has 194 valence electrons. The van der Waals surface area contributed by atoms with E-state index in [0.29, 0.717) is 27.6 Å². The smallest absolute Gasteiger partial charge is 0.324 e. The molecule has 0 bridgehead atoms. The van der Waals surface area contributed by atoms with Crippen LogP contribution in [0.15, 0.2) is 47.8 Å². The fraction of sp³-hybridized carbons (Fsp3) is 0.185. The summed E-state index contributed by atoms with van der Waals surface area (Å²) < 4.78 is 11.6. The lowest BCUT2D eigenvalue weighted by atomic mass is 10.1. The Bertz CT molecular complexity index is 1540. The third-order valence-electron chi connectivity index (χ3n) is 6.09. The van der Waals surface area contributed by atoms with Gasteiger partial charge < -0.3 is 20.1 Å². The first-order valence-electron chi connectivity index (χ1n) is 11.8. The fourth-order valence-electron chi connectivity index (χ4n) is 4.15. The van der Waals surface area contributed by atoms with Gasteiger partial charge in [-0.05, 0) is 48.2 Å². The molecule has 38 heavy (non-hydrogen) atoms. The molecule has 10 nitrogen and oxygen atoms in total. The Morgan fingerprint density at radius 1 is 1.18 bits per heavy atom. The third kappa shape index (κ3) is 4.96. The number of nitrogens with one attached hydrogen (secondary N) is 3. The summed E-state index contributed by atoms with van der Waals surface area (Å²) >= 11 is 1.35. The summed E-state index contributed by atoms with van der Waals surface area (Å²) in [6, 6.07) is 12.8. The monoisotopic (exact) mass is 531 g/mol. The maximum atomic E-state index is 13.2. The number of methoxy groups -OCH3 is 1. The number of hydrogen-bond donors (Lipinski definition) is 3. The van der Waals surface area contributed by atoms with E-state index < -0.39 is 6.03 Å². The second-order valence-corrected chi connectivity index (χ2v) is 9.40. The largest absolute Gasteiger partial charge is 0.491 e. The van der Waals surface area contributed by atoms with Crippen LogP contribution in [0.2, 0.25) is 0 Å². The van der Waals surface area contributed by atoms with Gasteiger partial charge in [0, 0.05) is 10.9 Å². The number of thiophene rings is 1. The van der Waals surface area contributed by atoms with Gasteiger partial charge in [-0.15, -0.1) is 11.3 Å². The van der Waals surface area contributed by atoms with Crippen LogP contribution in [-0.2, 0) is 4.79 Å². The molecule has 4 amide bonds. The Hall–Kier alpha value is -4.64. The number of urea groups is 1. The Labute approximate surface area is 222 Å². The Morgan fingerprint density at radius 2 is 2.03 bits per heavy atom. The second kappa shape index (κ2) is 10.8. The number of amides is 4. The average Bonchev–Trinajstić information content (AvgIpc) is 3.62. The Morgan fingerprint density at radius 3 is 2.76 bits per heavy atom. The third-order valence-corrected chi connectivity index (χ3v) is 7.11. The molecule has 0 unspecified atom stereocenters. The number of fused-ring (bicyclic) bond motifs is 1. The zero-order valence-electron chi connectivity index (χ0n) is 20.7. The van der Waals surface area contributed by atoms with Gasteiger partial charge in [-0.1, -0.05) is 24.3 Å². The van der Waals surface area contributed by atoms with Gasteiger partial charge in [0.15, 0.2) is 11.5 Å². The van der Waals surface area contributed by atoms with Crippen molar-refractivity contribution in [3.05, 3.63) is 69.5 Å². The molecule has 11 heteroatoms. The van der Waals surface area contributed by atoms with Gasteiger partial charge >= 0.3 is 6.03 Å². The minimum absolute atomic E-state index is 0.0210. The first kappa shape index (κ1) is 25.0. The molecule has 3 heterocycles. The van der Waals surface area contributed by atoms with Gasteiger partial charge in [0.25, 0.3) is 5.91 Å². The van der Waals surface area contributed by atoms with Crippen LogP contribution in [0.5, 0.6) is 11.5 Å². The average molecular weight is 532 g/mol. The quantitative estimate of drug-likeness (QED) is 0.277. The number of H-pyrrole nitrogens is 1. The number of imide groups is 1. The topological polar surface area (TPSA) is 126 Å². The van der Waals surface area contributed by atoms with E-state index in [4.69, 9.17) is 9.47 Å². The van der Waals surface area contributed by atoms with Crippen molar-refractivity contribution in [1.29, 1.82) is 0 Å². The minimum atomic E-state index is -0.448. The number of aromatic nitrogens is 2. The van der Waals surface area contributed by atoms with Crippen molar-refractivity contribution in [3.63, 3.8) is 0 Å². The van der Waals surface area contributed by atoms with Gasteiger partial charge in [-0.3, -0.25) is 19.6 Å². The molecule has 1 aliphatic rings. The number of carbonyl (C=O) groups excluding carboxylic acids is 3. The van der Waals surface area contributed by atoms with Gasteiger partial charge in [0.1, 0.15) is 6.61 Å².